The van der Waals surface area contributed by atoms with Crippen LogP contribution < -0.4 is 15.0 Å². The smallest absolute Gasteiger partial charge is 0.227 e. The highest BCUT2D eigenvalue weighted by Crippen LogP contribution is 2.27. The Morgan fingerprint density at radius 1 is 1.19 bits per heavy atom. The zero-order valence-electron chi connectivity index (χ0n) is 16.7. The van der Waals surface area contributed by atoms with E-state index in [4.69, 9.17) is 4.74 Å². The average molecular weight is 373 g/mol. The van der Waals surface area contributed by atoms with Gasteiger partial charge in [-0.1, -0.05) is 6.42 Å². The third-order valence-electron chi connectivity index (χ3n) is 5.41. The topological polar surface area (TPSA) is 61.9 Å². The highest BCUT2D eigenvalue weighted by atomic mass is 16.5. The van der Waals surface area contributed by atoms with Gasteiger partial charge in [-0.3, -0.25) is 9.59 Å². The summed E-state index contributed by atoms with van der Waals surface area (Å²) >= 11 is 0. The van der Waals surface area contributed by atoms with Gasteiger partial charge in [0.2, 0.25) is 11.8 Å². The Morgan fingerprint density at radius 2 is 1.85 bits per heavy atom. The summed E-state index contributed by atoms with van der Waals surface area (Å²) in [5.74, 6) is 0.412. The van der Waals surface area contributed by atoms with Gasteiger partial charge in [0.15, 0.2) is 0 Å². The van der Waals surface area contributed by atoms with Crippen molar-refractivity contribution in [2.75, 3.05) is 38.2 Å². The molecule has 2 aliphatic heterocycles. The second kappa shape index (κ2) is 8.30. The maximum absolute atomic E-state index is 12.8. The Balaban J connectivity index is 1.57. The molecule has 6 nitrogen and oxygen atoms in total. The highest BCUT2D eigenvalue weighted by molar-refractivity contribution is 6.00. The molecule has 2 aliphatic rings. The molecule has 1 unspecified atom stereocenters. The van der Waals surface area contributed by atoms with Crippen molar-refractivity contribution < 1.29 is 14.3 Å². The monoisotopic (exact) mass is 373 g/mol. The fourth-order valence-corrected chi connectivity index (χ4v) is 4.05. The number of hydrogen-bond acceptors (Lipinski definition) is 4. The summed E-state index contributed by atoms with van der Waals surface area (Å²) in [5.41, 5.74) is 0.508. The first-order chi connectivity index (χ1) is 12.9. The van der Waals surface area contributed by atoms with Crippen LogP contribution in [-0.4, -0.2) is 55.5 Å². The van der Waals surface area contributed by atoms with Crippen molar-refractivity contribution in [1.82, 2.24) is 10.2 Å². The lowest BCUT2D eigenvalue weighted by Gasteiger charge is -2.36. The van der Waals surface area contributed by atoms with Crippen LogP contribution in [0.25, 0.3) is 0 Å². The minimum Gasteiger partial charge on any atom is -0.497 e. The average Bonchev–Trinajstić information content (AvgIpc) is 3.04. The zero-order chi connectivity index (χ0) is 19.4. The molecule has 6 heteroatoms. The van der Waals surface area contributed by atoms with Gasteiger partial charge in [0.05, 0.1) is 13.0 Å². The number of nitrogens with zero attached hydrogens (tertiary/aromatic N) is 2. The Labute approximate surface area is 161 Å². The van der Waals surface area contributed by atoms with Gasteiger partial charge in [-0.05, 0) is 64.0 Å². The summed E-state index contributed by atoms with van der Waals surface area (Å²) in [4.78, 5) is 29.3. The molecule has 0 saturated carbocycles. The van der Waals surface area contributed by atoms with Crippen molar-refractivity contribution in [3.63, 3.8) is 0 Å². The number of ether oxygens (including phenoxy) is 1. The Morgan fingerprint density at radius 3 is 2.48 bits per heavy atom. The van der Waals surface area contributed by atoms with Crippen LogP contribution in [0, 0.1) is 5.92 Å². The van der Waals surface area contributed by atoms with Crippen LogP contribution in [0.2, 0.25) is 0 Å². The maximum atomic E-state index is 12.8. The van der Waals surface area contributed by atoms with E-state index in [1.165, 1.54) is 19.3 Å². The van der Waals surface area contributed by atoms with Gasteiger partial charge in [0, 0.05) is 30.7 Å². The van der Waals surface area contributed by atoms with E-state index in [0.29, 0.717) is 6.54 Å². The number of methoxy groups -OCH3 is 1. The Kier molecular flexibility index (Phi) is 6.05. The van der Waals surface area contributed by atoms with Gasteiger partial charge in [-0.2, -0.15) is 0 Å². The lowest BCUT2D eigenvalue weighted by atomic mass is 10.00. The predicted molar refractivity (Wildman–Crippen MR) is 106 cm³/mol. The number of benzene rings is 1. The molecule has 0 spiro atoms. The zero-order valence-corrected chi connectivity index (χ0v) is 16.7. The van der Waals surface area contributed by atoms with E-state index >= 15 is 0 Å². The molecule has 2 fully saturated rings. The normalized spacial score (nSPS) is 21.4. The van der Waals surface area contributed by atoms with Gasteiger partial charge >= 0.3 is 0 Å². The summed E-state index contributed by atoms with van der Waals surface area (Å²) in [7, 11) is 1.61. The second-order valence-electron chi connectivity index (χ2n) is 8.31. The summed E-state index contributed by atoms with van der Waals surface area (Å²) in [6.45, 7) is 7.62. The van der Waals surface area contributed by atoms with Crippen LogP contribution in [0.4, 0.5) is 5.69 Å². The van der Waals surface area contributed by atoms with Crippen LogP contribution in [0.1, 0.15) is 39.5 Å². The van der Waals surface area contributed by atoms with Crippen LogP contribution in [-0.2, 0) is 9.59 Å². The first-order valence-corrected chi connectivity index (χ1v) is 9.87. The van der Waals surface area contributed by atoms with Gasteiger partial charge < -0.3 is 19.9 Å². The Bertz CT molecular complexity index is 666. The van der Waals surface area contributed by atoms with E-state index in [0.717, 1.165) is 31.1 Å². The van der Waals surface area contributed by atoms with E-state index in [2.05, 4.69) is 24.1 Å². The number of nitrogens with one attached hydrogen (secondary N) is 1. The van der Waals surface area contributed by atoms with Gasteiger partial charge in [-0.25, -0.2) is 0 Å². The van der Waals surface area contributed by atoms with Crippen LogP contribution in [0.5, 0.6) is 5.75 Å². The molecule has 1 atom stereocenters. The molecule has 0 aromatic heterocycles. The lowest BCUT2D eigenvalue weighted by Crippen LogP contribution is -2.54. The number of anilines is 1. The fourth-order valence-electron chi connectivity index (χ4n) is 4.05. The van der Waals surface area contributed by atoms with Crippen molar-refractivity contribution in [2.24, 2.45) is 5.92 Å². The molecular formula is C21H31N3O3. The number of piperidine rings is 1. The van der Waals surface area contributed by atoms with Crippen molar-refractivity contribution in [3.05, 3.63) is 24.3 Å². The van der Waals surface area contributed by atoms with Crippen LogP contribution in [0.15, 0.2) is 24.3 Å². The summed E-state index contributed by atoms with van der Waals surface area (Å²) < 4.78 is 5.16. The quantitative estimate of drug-likeness (QED) is 0.832. The number of carbonyl (C=O) groups is 2. The first-order valence-electron chi connectivity index (χ1n) is 9.87. The van der Waals surface area contributed by atoms with Crippen LogP contribution >= 0.6 is 0 Å². The number of amides is 2. The van der Waals surface area contributed by atoms with Crippen LogP contribution in [0.3, 0.4) is 0 Å². The van der Waals surface area contributed by atoms with E-state index in [1.54, 1.807) is 12.0 Å². The number of carbonyl (C=O) groups excluding carboxylic acids is 2. The molecule has 1 aromatic carbocycles. The predicted octanol–water partition coefficient (Wildman–Crippen LogP) is 2.43. The van der Waals surface area contributed by atoms with E-state index in [9.17, 15) is 9.59 Å². The van der Waals surface area contributed by atoms with Crippen molar-refractivity contribution >= 4 is 17.5 Å². The largest absolute Gasteiger partial charge is 0.497 e. The summed E-state index contributed by atoms with van der Waals surface area (Å²) in [5, 5.41) is 3.18. The van der Waals surface area contributed by atoms with Crippen molar-refractivity contribution in [2.45, 2.75) is 45.1 Å². The molecule has 0 bridgehead atoms. The van der Waals surface area contributed by atoms with Crippen molar-refractivity contribution in [1.29, 1.82) is 0 Å². The minimum atomic E-state index is -0.305. The van der Waals surface area contributed by atoms with Gasteiger partial charge in [0.25, 0.3) is 0 Å². The molecule has 1 aromatic rings. The number of hydrogen-bond donors (Lipinski definition) is 1. The van der Waals surface area contributed by atoms with Gasteiger partial charge in [0.1, 0.15) is 5.75 Å². The molecule has 0 aliphatic carbocycles. The molecule has 2 amide bonds. The summed E-state index contributed by atoms with van der Waals surface area (Å²) in [6, 6.07) is 7.38. The SMILES string of the molecule is COc1ccc(N2CC(C(=O)NC(C)(C)CN3CCCCC3)CC2=O)cc1. The van der Waals surface area contributed by atoms with Gasteiger partial charge in [-0.15, -0.1) is 0 Å². The third kappa shape index (κ3) is 5.01. The highest BCUT2D eigenvalue weighted by Gasteiger charge is 2.37. The summed E-state index contributed by atoms with van der Waals surface area (Å²) in [6.07, 6.45) is 4.03. The molecule has 3 rings (SSSR count). The number of likely N-dealkylation sites (tertiary alicyclic amines) is 1. The van der Waals surface area contributed by atoms with Crippen molar-refractivity contribution in [3.8, 4) is 5.75 Å². The van der Waals surface area contributed by atoms with E-state index < -0.39 is 0 Å². The molecule has 0 radical (unpaired) electrons. The first kappa shape index (κ1) is 19.7. The Hall–Kier alpha value is -2.08. The second-order valence-corrected chi connectivity index (χ2v) is 8.31. The standard InChI is InChI=1S/C21H31N3O3/c1-21(2,15-23-11-5-4-6-12-23)22-20(26)16-13-19(25)24(14-16)17-7-9-18(27-3)10-8-17/h7-10,16H,4-6,11-15H2,1-3H3,(H,22,26). The maximum Gasteiger partial charge on any atom is 0.227 e. The fraction of sp³-hybridized carbons (Fsp3) is 0.619. The molecule has 2 saturated heterocycles. The number of rotatable bonds is 6. The van der Waals surface area contributed by atoms with E-state index in [-0.39, 0.29) is 29.7 Å². The third-order valence-corrected chi connectivity index (χ3v) is 5.41. The molecule has 27 heavy (non-hydrogen) atoms. The molecular weight excluding hydrogens is 342 g/mol. The van der Waals surface area contributed by atoms with E-state index in [1.807, 2.05) is 24.3 Å². The molecule has 148 valence electrons. The molecule has 1 N–H and O–H groups in total. The molecule has 2 heterocycles. The minimum absolute atomic E-state index is 0.00541. The lowest BCUT2D eigenvalue weighted by molar-refractivity contribution is -0.128.